The number of nitrogens with zero attached hydrogens (tertiary/aromatic N) is 6. The van der Waals surface area contributed by atoms with Crippen LogP contribution in [0.1, 0.15) is 18.3 Å². The summed E-state index contributed by atoms with van der Waals surface area (Å²) in [6.07, 6.45) is 1.85. The molecule has 1 saturated heterocycles. The van der Waals surface area contributed by atoms with Crippen LogP contribution in [0, 0.1) is 6.92 Å². The summed E-state index contributed by atoms with van der Waals surface area (Å²) in [6.45, 7) is 8.19. The first-order valence-corrected chi connectivity index (χ1v) is 8.22. The maximum Gasteiger partial charge on any atom is 0.272 e. The number of tetrazole rings is 1. The van der Waals surface area contributed by atoms with Gasteiger partial charge in [-0.1, -0.05) is 37.3 Å². The van der Waals surface area contributed by atoms with E-state index in [9.17, 15) is 4.79 Å². The van der Waals surface area contributed by atoms with Gasteiger partial charge in [-0.2, -0.15) is 4.68 Å². The van der Waals surface area contributed by atoms with Crippen LogP contribution in [0.5, 0.6) is 0 Å². The summed E-state index contributed by atoms with van der Waals surface area (Å²) >= 11 is 0. The number of amides is 1. The third-order valence-corrected chi connectivity index (χ3v) is 4.28. The van der Waals surface area contributed by atoms with E-state index in [0.29, 0.717) is 11.5 Å². The van der Waals surface area contributed by atoms with Gasteiger partial charge in [0, 0.05) is 26.2 Å². The Hall–Kier alpha value is -2.54. The van der Waals surface area contributed by atoms with Crippen LogP contribution in [0.4, 0.5) is 0 Å². The van der Waals surface area contributed by atoms with Crippen molar-refractivity contribution in [2.75, 3.05) is 32.7 Å². The lowest BCUT2D eigenvalue weighted by Gasteiger charge is -2.34. The molecule has 1 aliphatic rings. The van der Waals surface area contributed by atoms with Gasteiger partial charge in [-0.15, -0.1) is 5.10 Å². The second-order valence-corrected chi connectivity index (χ2v) is 5.80. The van der Waals surface area contributed by atoms with Crippen molar-refractivity contribution >= 4 is 17.7 Å². The van der Waals surface area contributed by atoms with Gasteiger partial charge in [-0.05, 0) is 35.5 Å². The minimum absolute atomic E-state index is 0.0370. The number of aromatic nitrogens is 4. The maximum absolute atomic E-state index is 13.1. The van der Waals surface area contributed by atoms with Crippen LogP contribution in [-0.2, 0) is 4.79 Å². The zero-order chi connectivity index (χ0) is 16.9. The summed E-state index contributed by atoms with van der Waals surface area (Å²) in [6, 6.07) is 9.76. The number of benzene rings is 1. The van der Waals surface area contributed by atoms with Crippen molar-refractivity contribution in [1.29, 1.82) is 0 Å². The van der Waals surface area contributed by atoms with Crippen molar-refractivity contribution in [2.24, 2.45) is 0 Å². The lowest BCUT2D eigenvalue weighted by atomic mass is 10.1. The molecule has 7 heteroatoms. The normalized spacial score (nSPS) is 16.4. The average Bonchev–Trinajstić information content (AvgIpc) is 3.06. The third-order valence-electron chi connectivity index (χ3n) is 4.28. The lowest BCUT2D eigenvalue weighted by Crippen LogP contribution is -2.49. The van der Waals surface area contributed by atoms with E-state index in [0.717, 1.165) is 38.3 Å². The number of hydrogen-bond donors (Lipinski definition) is 0. The Morgan fingerprint density at radius 2 is 1.88 bits per heavy atom. The van der Waals surface area contributed by atoms with Gasteiger partial charge < -0.3 is 9.80 Å². The van der Waals surface area contributed by atoms with Gasteiger partial charge in [0.2, 0.25) is 0 Å². The summed E-state index contributed by atoms with van der Waals surface area (Å²) in [5.41, 5.74) is 1.43. The molecule has 2 aromatic rings. The van der Waals surface area contributed by atoms with Gasteiger partial charge in [0.05, 0.1) is 0 Å². The Morgan fingerprint density at radius 3 is 2.46 bits per heavy atom. The first kappa shape index (κ1) is 16.3. The molecule has 0 spiro atoms. The highest BCUT2D eigenvalue weighted by Gasteiger charge is 2.25. The van der Waals surface area contributed by atoms with Gasteiger partial charge in [0.15, 0.2) is 5.82 Å². The number of piperazine rings is 1. The van der Waals surface area contributed by atoms with Crippen molar-refractivity contribution in [1.82, 2.24) is 30.0 Å². The van der Waals surface area contributed by atoms with Gasteiger partial charge in [0.25, 0.3) is 5.91 Å². The van der Waals surface area contributed by atoms with Crippen LogP contribution >= 0.6 is 0 Å². The van der Waals surface area contributed by atoms with Gasteiger partial charge in [-0.3, -0.25) is 4.79 Å². The topological polar surface area (TPSA) is 67.2 Å². The van der Waals surface area contributed by atoms with Gasteiger partial charge in [-0.25, -0.2) is 0 Å². The maximum atomic E-state index is 13.1. The third kappa shape index (κ3) is 3.51. The Balaban J connectivity index is 1.89. The van der Waals surface area contributed by atoms with Crippen LogP contribution in [0.3, 0.4) is 0 Å². The summed E-state index contributed by atoms with van der Waals surface area (Å²) in [4.78, 5) is 17.3. The first-order chi connectivity index (χ1) is 11.7. The van der Waals surface area contributed by atoms with Gasteiger partial charge >= 0.3 is 0 Å². The predicted octanol–water partition coefficient (Wildman–Crippen LogP) is 1.14. The molecule has 1 fully saturated rings. The molecule has 0 radical (unpaired) electrons. The van der Waals surface area contributed by atoms with Crippen molar-refractivity contribution in [3.63, 3.8) is 0 Å². The van der Waals surface area contributed by atoms with E-state index in [2.05, 4.69) is 27.3 Å². The minimum atomic E-state index is -0.0370. The SMILES string of the molecule is CCN1CCN(C(=O)C(=Cc2ccccc2)n2nnnc2C)CC1. The summed E-state index contributed by atoms with van der Waals surface area (Å²) < 4.78 is 1.52. The fourth-order valence-corrected chi connectivity index (χ4v) is 2.80. The number of rotatable bonds is 4. The molecule has 0 saturated carbocycles. The van der Waals surface area contributed by atoms with Crippen LogP contribution in [0.15, 0.2) is 30.3 Å². The first-order valence-electron chi connectivity index (χ1n) is 8.22. The fourth-order valence-electron chi connectivity index (χ4n) is 2.80. The van der Waals surface area contributed by atoms with Crippen LogP contribution < -0.4 is 0 Å². The Bertz CT molecular complexity index is 716. The van der Waals surface area contributed by atoms with E-state index in [1.165, 1.54) is 4.68 Å². The second kappa shape index (κ2) is 7.35. The Morgan fingerprint density at radius 1 is 1.17 bits per heavy atom. The standard InChI is InChI=1S/C17H22N6O/c1-3-21-9-11-22(12-10-21)17(24)16(23-14(2)18-19-20-23)13-15-7-5-4-6-8-15/h4-8,13H,3,9-12H2,1-2H3. The largest absolute Gasteiger partial charge is 0.335 e. The number of likely N-dealkylation sites (N-methyl/N-ethyl adjacent to an activating group) is 1. The Labute approximate surface area is 141 Å². The summed E-state index contributed by atoms with van der Waals surface area (Å²) in [5, 5.41) is 11.6. The lowest BCUT2D eigenvalue weighted by molar-refractivity contribution is -0.127. The van der Waals surface area contributed by atoms with E-state index < -0.39 is 0 Å². The summed E-state index contributed by atoms with van der Waals surface area (Å²) in [5.74, 6) is 0.558. The molecule has 0 N–H and O–H groups in total. The highest BCUT2D eigenvalue weighted by molar-refractivity contribution is 6.18. The van der Waals surface area contributed by atoms with Crippen LogP contribution in [-0.4, -0.2) is 68.6 Å². The van der Waals surface area contributed by atoms with Crippen molar-refractivity contribution < 1.29 is 4.79 Å². The molecule has 126 valence electrons. The van der Waals surface area contributed by atoms with Crippen molar-refractivity contribution in [2.45, 2.75) is 13.8 Å². The Kier molecular flexibility index (Phi) is 5.00. The smallest absolute Gasteiger partial charge is 0.272 e. The highest BCUT2D eigenvalue weighted by Crippen LogP contribution is 2.16. The minimum Gasteiger partial charge on any atom is -0.335 e. The van der Waals surface area contributed by atoms with Crippen LogP contribution in [0.2, 0.25) is 0 Å². The number of hydrogen-bond acceptors (Lipinski definition) is 5. The van der Waals surface area contributed by atoms with Gasteiger partial charge in [0.1, 0.15) is 5.70 Å². The number of carbonyl (C=O) groups excluding carboxylic acids is 1. The number of carbonyl (C=O) groups is 1. The second-order valence-electron chi connectivity index (χ2n) is 5.80. The molecular formula is C17H22N6O. The van der Waals surface area contributed by atoms with E-state index in [4.69, 9.17) is 0 Å². The molecule has 2 heterocycles. The molecule has 1 aliphatic heterocycles. The van der Waals surface area contributed by atoms with Crippen LogP contribution in [0.25, 0.3) is 11.8 Å². The molecule has 7 nitrogen and oxygen atoms in total. The summed E-state index contributed by atoms with van der Waals surface area (Å²) in [7, 11) is 0. The molecule has 1 aromatic heterocycles. The highest BCUT2D eigenvalue weighted by atomic mass is 16.2. The predicted molar refractivity (Wildman–Crippen MR) is 91.9 cm³/mol. The van der Waals surface area contributed by atoms with E-state index in [1.54, 1.807) is 6.92 Å². The average molecular weight is 326 g/mol. The molecule has 0 aliphatic carbocycles. The zero-order valence-corrected chi connectivity index (χ0v) is 14.1. The number of aryl methyl sites for hydroxylation is 1. The monoisotopic (exact) mass is 326 g/mol. The quantitative estimate of drug-likeness (QED) is 0.788. The fraction of sp³-hybridized carbons (Fsp3) is 0.412. The molecule has 0 atom stereocenters. The van der Waals surface area contributed by atoms with E-state index >= 15 is 0 Å². The van der Waals surface area contributed by atoms with E-state index in [1.807, 2.05) is 41.3 Å². The molecule has 1 amide bonds. The zero-order valence-electron chi connectivity index (χ0n) is 14.1. The molecule has 0 bridgehead atoms. The molecular weight excluding hydrogens is 304 g/mol. The molecule has 24 heavy (non-hydrogen) atoms. The molecule has 3 rings (SSSR count). The van der Waals surface area contributed by atoms with Crippen molar-refractivity contribution in [3.8, 4) is 0 Å². The molecule has 1 aromatic carbocycles. The molecule has 0 unspecified atom stereocenters. The van der Waals surface area contributed by atoms with E-state index in [-0.39, 0.29) is 5.91 Å². The van der Waals surface area contributed by atoms with Crippen molar-refractivity contribution in [3.05, 3.63) is 41.7 Å².